The summed E-state index contributed by atoms with van der Waals surface area (Å²) in [5.74, 6) is -0.135. The van der Waals surface area contributed by atoms with Crippen molar-refractivity contribution in [1.82, 2.24) is 10.2 Å². The number of likely N-dealkylation sites (tertiary alicyclic amines) is 1. The van der Waals surface area contributed by atoms with Crippen LogP contribution < -0.4 is 5.32 Å². The minimum Gasteiger partial charge on any atom is -0.349 e. The number of thiocarbonyl (C=S) groups is 1. The molecule has 124 valence electrons. The molecule has 1 aliphatic rings. The van der Waals surface area contributed by atoms with E-state index in [-0.39, 0.29) is 5.91 Å². The first-order valence-corrected chi connectivity index (χ1v) is 8.90. The van der Waals surface area contributed by atoms with Crippen LogP contribution in [0.5, 0.6) is 0 Å². The Morgan fingerprint density at radius 2 is 1.42 bits per heavy atom. The lowest BCUT2D eigenvalue weighted by atomic mass is 10.0. The van der Waals surface area contributed by atoms with Crippen LogP contribution in [0.3, 0.4) is 0 Å². The molecular formula is C20H22N2OS. The van der Waals surface area contributed by atoms with Crippen LogP contribution in [0, 0.1) is 0 Å². The zero-order chi connectivity index (χ0) is 16.8. The summed E-state index contributed by atoms with van der Waals surface area (Å²) in [6.45, 7) is 1.87. The molecule has 3 nitrogen and oxygen atoms in total. The van der Waals surface area contributed by atoms with Gasteiger partial charge in [-0.1, -0.05) is 55.3 Å². The Bertz CT molecular complexity index is 689. The van der Waals surface area contributed by atoms with E-state index in [0.717, 1.165) is 37.1 Å². The van der Waals surface area contributed by atoms with Gasteiger partial charge in [0, 0.05) is 18.7 Å². The second kappa shape index (κ2) is 8.06. The van der Waals surface area contributed by atoms with Gasteiger partial charge in [0.1, 0.15) is 0 Å². The summed E-state index contributed by atoms with van der Waals surface area (Å²) in [5.41, 5.74) is 2.87. The third-order valence-corrected chi connectivity index (χ3v) is 4.73. The monoisotopic (exact) mass is 338 g/mol. The molecule has 1 amide bonds. The lowest BCUT2D eigenvalue weighted by molar-refractivity contribution is 0.0973. The summed E-state index contributed by atoms with van der Waals surface area (Å²) in [6, 6.07) is 17.8. The van der Waals surface area contributed by atoms with Gasteiger partial charge in [0.25, 0.3) is 5.91 Å². The van der Waals surface area contributed by atoms with Crippen molar-refractivity contribution >= 4 is 23.2 Å². The van der Waals surface area contributed by atoms with Gasteiger partial charge >= 0.3 is 0 Å². The molecule has 3 rings (SSSR count). The van der Waals surface area contributed by atoms with Crippen LogP contribution in [0.15, 0.2) is 54.6 Å². The molecule has 0 unspecified atom stereocenters. The number of carbonyl (C=O) groups excluding carboxylic acids is 1. The highest BCUT2D eigenvalue weighted by atomic mass is 32.1. The summed E-state index contributed by atoms with van der Waals surface area (Å²) in [5, 5.41) is 3.42. The van der Waals surface area contributed by atoms with Gasteiger partial charge in [-0.2, -0.15) is 0 Å². The molecule has 24 heavy (non-hydrogen) atoms. The molecule has 0 saturated carbocycles. The molecule has 2 aromatic carbocycles. The van der Waals surface area contributed by atoms with Crippen molar-refractivity contribution in [1.29, 1.82) is 0 Å². The minimum atomic E-state index is -0.135. The van der Waals surface area contributed by atoms with E-state index in [0.29, 0.717) is 10.7 Å². The Kier molecular flexibility index (Phi) is 5.59. The van der Waals surface area contributed by atoms with Gasteiger partial charge < -0.3 is 4.90 Å². The molecule has 0 radical (unpaired) electrons. The van der Waals surface area contributed by atoms with Gasteiger partial charge in [0.05, 0.1) is 0 Å². The number of nitrogens with one attached hydrogen (secondary N) is 1. The molecule has 0 spiro atoms. The minimum absolute atomic E-state index is 0.135. The van der Waals surface area contributed by atoms with Crippen molar-refractivity contribution < 1.29 is 4.79 Å². The maximum Gasteiger partial charge on any atom is 0.257 e. The molecule has 0 aliphatic carbocycles. The third-order valence-electron chi connectivity index (χ3n) is 4.37. The average molecular weight is 338 g/mol. The standard InChI is InChI=1S/C20H22N2OS/c23-19(21-20(24)22-14-6-1-2-7-15-22)18-12-10-17(11-13-18)16-8-4-3-5-9-16/h3-5,8-13H,1-2,6-7,14-15H2,(H,21,23,24). The molecule has 4 heteroatoms. The highest BCUT2D eigenvalue weighted by molar-refractivity contribution is 7.80. The second-order valence-corrected chi connectivity index (χ2v) is 6.49. The van der Waals surface area contributed by atoms with Gasteiger partial charge in [0.2, 0.25) is 0 Å². The molecule has 1 aliphatic heterocycles. The van der Waals surface area contributed by atoms with Crippen molar-refractivity contribution in [3.8, 4) is 11.1 Å². The van der Waals surface area contributed by atoms with E-state index in [4.69, 9.17) is 12.2 Å². The largest absolute Gasteiger partial charge is 0.349 e. The number of carbonyl (C=O) groups is 1. The first kappa shape index (κ1) is 16.7. The number of hydrogen-bond donors (Lipinski definition) is 1. The van der Waals surface area contributed by atoms with Gasteiger partial charge in [-0.3, -0.25) is 10.1 Å². The van der Waals surface area contributed by atoms with E-state index >= 15 is 0 Å². The van der Waals surface area contributed by atoms with Crippen molar-refractivity contribution in [3.05, 3.63) is 60.2 Å². The lowest BCUT2D eigenvalue weighted by Crippen LogP contribution is -2.43. The van der Waals surface area contributed by atoms with E-state index < -0.39 is 0 Å². The summed E-state index contributed by atoms with van der Waals surface area (Å²) in [4.78, 5) is 14.5. The van der Waals surface area contributed by atoms with E-state index in [2.05, 4.69) is 22.3 Å². The van der Waals surface area contributed by atoms with E-state index in [1.165, 1.54) is 12.8 Å². The molecule has 1 fully saturated rings. The van der Waals surface area contributed by atoms with E-state index in [9.17, 15) is 4.79 Å². The number of hydrogen-bond acceptors (Lipinski definition) is 2. The van der Waals surface area contributed by atoms with Crippen LogP contribution in [0.25, 0.3) is 11.1 Å². The predicted octanol–water partition coefficient (Wildman–Crippen LogP) is 4.24. The molecule has 1 N–H and O–H groups in total. The molecule has 0 aromatic heterocycles. The highest BCUT2D eigenvalue weighted by Crippen LogP contribution is 2.19. The lowest BCUT2D eigenvalue weighted by Gasteiger charge is -2.23. The number of rotatable bonds is 2. The summed E-state index contributed by atoms with van der Waals surface area (Å²) < 4.78 is 0. The van der Waals surface area contributed by atoms with Crippen LogP contribution in [-0.2, 0) is 0 Å². The molecular weight excluding hydrogens is 316 g/mol. The maximum atomic E-state index is 12.4. The van der Waals surface area contributed by atoms with E-state index in [1.807, 2.05) is 42.5 Å². The molecule has 1 heterocycles. The van der Waals surface area contributed by atoms with Gasteiger partial charge in [-0.05, 0) is 48.3 Å². The van der Waals surface area contributed by atoms with Crippen LogP contribution in [0.4, 0.5) is 0 Å². The fourth-order valence-electron chi connectivity index (χ4n) is 2.97. The number of benzene rings is 2. The maximum absolute atomic E-state index is 12.4. The second-order valence-electron chi connectivity index (χ2n) is 6.10. The smallest absolute Gasteiger partial charge is 0.257 e. The Morgan fingerprint density at radius 1 is 0.833 bits per heavy atom. The summed E-state index contributed by atoms with van der Waals surface area (Å²) in [7, 11) is 0. The Balaban J connectivity index is 1.63. The molecule has 0 bridgehead atoms. The van der Waals surface area contributed by atoms with Gasteiger partial charge in [0.15, 0.2) is 5.11 Å². The first-order valence-electron chi connectivity index (χ1n) is 8.50. The zero-order valence-electron chi connectivity index (χ0n) is 13.7. The Labute approximate surface area is 148 Å². The van der Waals surface area contributed by atoms with Crippen molar-refractivity contribution in [2.45, 2.75) is 25.7 Å². The number of amides is 1. The van der Waals surface area contributed by atoms with Crippen molar-refractivity contribution in [2.24, 2.45) is 0 Å². The summed E-state index contributed by atoms with van der Waals surface area (Å²) in [6.07, 6.45) is 4.77. The number of nitrogens with zero attached hydrogens (tertiary/aromatic N) is 1. The fraction of sp³-hybridized carbons (Fsp3) is 0.300. The summed E-state index contributed by atoms with van der Waals surface area (Å²) >= 11 is 5.41. The SMILES string of the molecule is O=C(NC(=S)N1CCCCCC1)c1ccc(-c2ccccc2)cc1. The molecule has 0 atom stereocenters. The molecule has 1 saturated heterocycles. The third kappa shape index (κ3) is 4.20. The predicted molar refractivity (Wildman–Crippen MR) is 102 cm³/mol. The Hall–Kier alpha value is -2.20. The quantitative estimate of drug-likeness (QED) is 0.831. The van der Waals surface area contributed by atoms with Crippen molar-refractivity contribution in [2.75, 3.05) is 13.1 Å². The highest BCUT2D eigenvalue weighted by Gasteiger charge is 2.15. The Morgan fingerprint density at radius 3 is 2.04 bits per heavy atom. The normalized spacial score (nSPS) is 14.8. The van der Waals surface area contributed by atoms with Gasteiger partial charge in [-0.15, -0.1) is 0 Å². The van der Waals surface area contributed by atoms with Crippen LogP contribution in [0.2, 0.25) is 0 Å². The van der Waals surface area contributed by atoms with Crippen molar-refractivity contribution in [3.63, 3.8) is 0 Å². The van der Waals surface area contributed by atoms with Crippen LogP contribution in [0.1, 0.15) is 36.0 Å². The average Bonchev–Trinajstić information content (AvgIpc) is 2.92. The van der Waals surface area contributed by atoms with Gasteiger partial charge in [-0.25, -0.2) is 0 Å². The zero-order valence-corrected chi connectivity index (χ0v) is 14.5. The molecule has 2 aromatic rings. The first-order chi connectivity index (χ1) is 11.7. The van der Waals surface area contributed by atoms with Crippen LogP contribution >= 0.6 is 12.2 Å². The topological polar surface area (TPSA) is 32.3 Å². The van der Waals surface area contributed by atoms with E-state index in [1.54, 1.807) is 0 Å². The fourth-order valence-corrected chi connectivity index (χ4v) is 3.24. The van der Waals surface area contributed by atoms with Crippen LogP contribution in [-0.4, -0.2) is 29.0 Å².